The van der Waals surface area contributed by atoms with Gasteiger partial charge in [-0.1, -0.05) is 5.16 Å². The minimum atomic E-state index is -0.193. The van der Waals surface area contributed by atoms with E-state index in [-0.39, 0.29) is 5.82 Å². The van der Waals surface area contributed by atoms with E-state index >= 15 is 0 Å². The molecular formula is C18H21FN4O. The van der Waals surface area contributed by atoms with Crippen LogP contribution in [0.2, 0.25) is 0 Å². The van der Waals surface area contributed by atoms with Crippen molar-refractivity contribution in [1.82, 2.24) is 20.0 Å². The third-order valence-corrected chi connectivity index (χ3v) is 4.92. The fourth-order valence-electron chi connectivity index (χ4n) is 3.63. The summed E-state index contributed by atoms with van der Waals surface area (Å²) in [4.78, 5) is 10.2. The van der Waals surface area contributed by atoms with Crippen molar-refractivity contribution in [2.45, 2.75) is 39.2 Å². The van der Waals surface area contributed by atoms with Gasteiger partial charge in [0.25, 0.3) is 0 Å². The smallest absolute Gasteiger partial charge is 0.223 e. The van der Waals surface area contributed by atoms with Crippen molar-refractivity contribution in [3.8, 4) is 0 Å². The lowest BCUT2D eigenvalue weighted by molar-refractivity contribution is 0.193. The molecule has 1 atom stereocenters. The Morgan fingerprint density at radius 2 is 2.25 bits per heavy atom. The van der Waals surface area contributed by atoms with E-state index in [2.05, 4.69) is 26.9 Å². The molecule has 0 bridgehead atoms. The van der Waals surface area contributed by atoms with E-state index in [4.69, 9.17) is 4.52 Å². The average Bonchev–Trinajstić information content (AvgIpc) is 3.13. The molecule has 0 saturated carbocycles. The lowest BCUT2D eigenvalue weighted by atomic mass is 9.97. The van der Waals surface area contributed by atoms with Gasteiger partial charge in [-0.05, 0) is 50.1 Å². The van der Waals surface area contributed by atoms with Crippen LogP contribution in [-0.2, 0) is 6.54 Å². The summed E-state index contributed by atoms with van der Waals surface area (Å²) < 4.78 is 18.6. The van der Waals surface area contributed by atoms with Crippen molar-refractivity contribution in [1.29, 1.82) is 0 Å². The van der Waals surface area contributed by atoms with E-state index in [1.807, 2.05) is 13.0 Å². The van der Waals surface area contributed by atoms with Crippen LogP contribution in [-0.4, -0.2) is 33.1 Å². The van der Waals surface area contributed by atoms with Crippen molar-refractivity contribution in [3.63, 3.8) is 0 Å². The number of likely N-dealkylation sites (tertiary alicyclic amines) is 1. The Labute approximate surface area is 139 Å². The molecule has 1 aliphatic heterocycles. The molecule has 3 heterocycles. The second-order valence-electron chi connectivity index (χ2n) is 6.66. The summed E-state index contributed by atoms with van der Waals surface area (Å²) in [5, 5.41) is 5.05. The fourth-order valence-corrected chi connectivity index (χ4v) is 3.63. The molecular weight excluding hydrogens is 307 g/mol. The molecule has 5 nitrogen and oxygen atoms in total. The maximum Gasteiger partial charge on any atom is 0.223 e. The molecule has 0 spiro atoms. The number of piperidine rings is 1. The molecule has 0 aliphatic carbocycles. The minimum Gasteiger partial charge on any atom is -0.357 e. The van der Waals surface area contributed by atoms with Crippen LogP contribution in [0.5, 0.6) is 0 Å². The molecule has 4 rings (SSSR count). The molecule has 3 aromatic rings. The molecule has 1 N–H and O–H groups in total. The quantitative estimate of drug-likeness (QED) is 0.797. The number of hydrogen-bond acceptors (Lipinski definition) is 4. The van der Waals surface area contributed by atoms with E-state index < -0.39 is 0 Å². The van der Waals surface area contributed by atoms with Crippen LogP contribution >= 0.6 is 0 Å². The van der Waals surface area contributed by atoms with Crippen molar-refractivity contribution >= 4 is 10.9 Å². The number of rotatable bonds is 3. The first kappa shape index (κ1) is 15.3. The van der Waals surface area contributed by atoms with Gasteiger partial charge in [0.2, 0.25) is 5.89 Å². The predicted molar refractivity (Wildman–Crippen MR) is 89.3 cm³/mol. The number of halogens is 1. The van der Waals surface area contributed by atoms with Gasteiger partial charge in [-0.3, -0.25) is 4.90 Å². The molecule has 1 aromatic carbocycles. The van der Waals surface area contributed by atoms with Gasteiger partial charge in [0.1, 0.15) is 5.82 Å². The number of nitrogens with zero attached hydrogens (tertiary/aromatic N) is 3. The van der Waals surface area contributed by atoms with Crippen molar-refractivity contribution in [3.05, 3.63) is 47.0 Å². The number of fused-ring (bicyclic) bond motifs is 1. The van der Waals surface area contributed by atoms with Crippen LogP contribution in [0.15, 0.2) is 22.7 Å². The van der Waals surface area contributed by atoms with Crippen molar-refractivity contribution < 1.29 is 8.91 Å². The topological polar surface area (TPSA) is 58.0 Å². The summed E-state index contributed by atoms with van der Waals surface area (Å²) in [6, 6.07) is 4.91. The van der Waals surface area contributed by atoms with Gasteiger partial charge in [0, 0.05) is 42.5 Å². The Morgan fingerprint density at radius 3 is 3.04 bits per heavy atom. The minimum absolute atomic E-state index is 0.193. The summed E-state index contributed by atoms with van der Waals surface area (Å²) in [5.74, 6) is 1.56. The van der Waals surface area contributed by atoms with E-state index in [0.717, 1.165) is 60.5 Å². The molecule has 0 amide bonds. The zero-order valence-electron chi connectivity index (χ0n) is 14.0. The van der Waals surface area contributed by atoms with Crippen molar-refractivity contribution in [2.24, 2.45) is 0 Å². The first-order chi connectivity index (χ1) is 11.6. The van der Waals surface area contributed by atoms with Crippen LogP contribution < -0.4 is 0 Å². The van der Waals surface area contributed by atoms with Crippen LogP contribution in [0.3, 0.4) is 0 Å². The lowest BCUT2D eigenvalue weighted by Gasteiger charge is -2.31. The van der Waals surface area contributed by atoms with Gasteiger partial charge in [-0.2, -0.15) is 4.98 Å². The first-order valence-electron chi connectivity index (χ1n) is 8.39. The van der Waals surface area contributed by atoms with Gasteiger partial charge < -0.3 is 9.51 Å². The molecule has 6 heteroatoms. The predicted octanol–water partition coefficient (Wildman–Crippen LogP) is 3.69. The standard InChI is InChI=1S/C18H21FN4O/c1-11-15-8-14(19)5-6-16(15)21-17(11)10-23-7-3-4-13(9-23)18-20-12(2)24-22-18/h5-6,8,13,21H,3-4,7,9-10H2,1-2H3/t13-/m1/s1. The van der Waals surface area contributed by atoms with Gasteiger partial charge in [-0.25, -0.2) is 4.39 Å². The molecule has 1 saturated heterocycles. The van der Waals surface area contributed by atoms with Gasteiger partial charge in [-0.15, -0.1) is 0 Å². The lowest BCUT2D eigenvalue weighted by Crippen LogP contribution is -2.34. The van der Waals surface area contributed by atoms with Crippen LogP contribution in [0.4, 0.5) is 4.39 Å². The number of H-pyrrole nitrogens is 1. The highest BCUT2D eigenvalue weighted by molar-refractivity contribution is 5.84. The van der Waals surface area contributed by atoms with Crippen LogP contribution in [0, 0.1) is 19.7 Å². The fraction of sp³-hybridized carbons (Fsp3) is 0.444. The summed E-state index contributed by atoms with van der Waals surface area (Å²) in [7, 11) is 0. The summed E-state index contributed by atoms with van der Waals surface area (Å²) in [5.41, 5.74) is 3.27. The van der Waals surface area contributed by atoms with Crippen LogP contribution in [0.25, 0.3) is 10.9 Å². The number of aromatic nitrogens is 3. The normalized spacial score (nSPS) is 19.2. The number of aromatic amines is 1. The molecule has 0 radical (unpaired) electrons. The highest BCUT2D eigenvalue weighted by atomic mass is 19.1. The SMILES string of the molecule is Cc1nc([C@@H]2CCCN(Cc3[nH]c4ccc(F)cc4c3C)C2)no1. The van der Waals surface area contributed by atoms with E-state index in [0.29, 0.717) is 11.8 Å². The second kappa shape index (κ2) is 6.02. The molecule has 1 aliphatic rings. The number of benzene rings is 1. The summed E-state index contributed by atoms with van der Waals surface area (Å²) >= 11 is 0. The van der Waals surface area contributed by atoms with E-state index in [1.165, 1.54) is 6.07 Å². The number of nitrogens with one attached hydrogen (secondary N) is 1. The van der Waals surface area contributed by atoms with E-state index in [1.54, 1.807) is 6.07 Å². The Hall–Kier alpha value is -2.21. The number of aryl methyl sites for hydroxylation is 2. The molecule has 24 heavy (non-hydrogen) atoms. The third-order valence-electron chi connectivity index (χ3n) is 4.92. The average molecular weight is 328 g/mol. The third kappa shape index (κ3) is 2.82. The number of hydrogen-bond donors (Lipinski definition) is 1. The van der Waals surface area contributed by atoms with Gasteiger partial charge in [0.15, 0.2) is 5.82 Å². The molecule has 0 unspecified atom stereocenters. The largest absolute Gasteiger partial charge is 0.357 e. The second-order valence-corrected chi connectivity index (χ2v) is 6.66. The Bertz CT molecular complexity index is 869. The van der Waals surface area contributed by atoms with Crippen LogP contribution in [0.1, 0.15) is 41.7 Å². The Kier molecular flexibility index (Phi) is 3.84. The maximum absolute atomic E-state index is 13.5. The summed E-state index contributed by atoms with van der Waals surface area (Å²) in [6.45, 7) is 6.68. The highest BCUT2D eigenvalue weighted by Crippen LogP contribution is 2.28. The monoisotopic (exact) mass is 328 g/mol. The molecule has 1 fully saturated rings. The molecule has 2 aromatic heterocycles. The molecule has 126 valence electrons. The Morgan fingerprint density at radius 1 is 1.38 bits per heavy atom. The highest BCUT2D eigenvalue weighted by Gasteiger charge is 2.25. The zero-order valence-corrected chi connectivity index (χ0v) is 14.0. The summed E-state index contributed by atoms with van der Waals surface area (Å²) in [6.07, 6.45) is 2.21. The van der Waals surface area contributed by atoms with E-state index in [9.17, 15) is 4.39 Å². The zero-order chi connectivity index (χ0) is 16.7. The Balaban J connectivity index is 1.53. The maximum atomic E-state index is 13.5. The first-order valence-corrected chi connectivity index (χ1v) is 8.39. The van der Waals surface area contributed by atoms with Gasteiger partial charge in [0.05, 0.1) is 0 Å². The van der Waals surface area contributed by atoms with Crippen molar-refractivity contribution in [2.75, 3.05) is 13.1 Å². The van der Waals surface area contributed by atoms with Gasteiger partial charge >= 0.3 is 0 Å².